The van der Waals surface area contributed by atoms with Crippen molar-refractivity contribution in [2.45, 2.75) is 20.0 Å². The van der Waals surface area contributed by atoms with Crippen LogP contribution in [-0.2, 0) is 13.1 Å². The lowest BCUT2D eigenvalue weighted by atomic mass is 10.1. The molecule has 6 heteroatoms. The lowest BCUT2D eigenvalue weighted by molar-refractivity contribution is 0.0951. The minimum absolute atomic E-state index is 0.107. The average molecular weight is 335 g/mol. The van der Waals surface area contributed by atoms with Gasteiger partial charge in [0, 0.05) is 43.8 Å². The zero-order chi connectivity index (χ0) is 17.5. The quantitative estimate of drug-likeness (QED) is 0.696. The minimum atomic E-state index is -0.107. The molecule has 128 valence electrons. The summed E-state index contributed by atoms with van der Waals surface area (Å²) in [5.41, 5.74) is 2.85. The van der Waals surface area contributed by atoms with E-state index in [4.69, 9.17) is 0 Å². The summed E-state index contributed by atoms with van der Waals surface area (Å²) in [6.45, 7) is 4.04. The molecule has 0 atom stereocenters. The molecule has 2 heterocycles. The third kappa shape index (κ3) is 4.67. The van der Waals surface area contributed by atoms with Crippen LogP contribution in [0.4, 0.5) is 5.82 Å². The van der Waals surface area contributed by atoms with E-state index in [9.17, 15) is 4.79 Å². The number of hydrogen-bond acceptors (Lipinski definition) is 4. The van der Waals surface area contributed by atoms with E-state index in [2.05, 4.69) is 32.7 Å². The zero-order valence-corrected chi connectivity index (χ0v) is 14.1. The largest absolute Gasteiger partial charge is 0.370 e. The number of aromatic nitrogens is 3. The maximum Gasteiger partial charge on any atom is 0.251 e. The molecular formula is C19H21N5O. The number of carbonyl (C=O) groups is 1. The monoisotopic (exact) mass is 335 g/mol. The smallest absolute Gasteiger partial charge is 0.251 e. The molecule has 0 radical (unpaired) electrons. The van der Waals surface area contributed by atoms with Crippen molar-refractivity contribution in [3.63, 3.8) is 0 Å². The van der Waals surface area contributed by atoms with Crippen molar-refractivity contribution in [2.24, 2.45) is 0 Å². The van der Waals surface area contributed by atoms with Gasteiger partial charge in [0.05, 0.1) is 6.33 Å². The highest BCUT2D eigenvalue weighted by molar-refractivity contribution is 5.94. The molecule has 0 fully saturated rings. The van der Waals surface area contributed by atoms with E-state index in [0.717, 1.165) is 18.7 Å². The van der Waals surface area contributed by atoms with Crippen molar-refractivity contribution in [3.05, 3.63) is 78.0 Å². The first-order valence-electron chi connectivity index (χ1n) is 8.26. The van der Waals surface area contributed by atoms with Crippen LogP contribution in [0.2, 0.25) is 0 Å². The first-order valence-corrected chi connectivity index (χ1v) is 8.26. The van der Waals surface area contributed by atoms with Crippen molar-refractivity contribution in [2.75, 3.05) is 11.9 Å². The normalized spacial score (nSPS) is 10.4. The van der Waals surface area contributed by atoms with E-state index in [-0.39, 0.29) is 5.91 Å². The molecule has 0 spiro atoms. The van der Waals surface area contributed by atoms with Crippen LogP contribution in [-0.4, -0.2) is 27.0 Å². The van der Waals surface area contributed by atoms with Crippen LogP contribution < -0.4 is 10.6 Å². The van der Waals surface area contributed by atoms with E-state index < -0.39 is 0 Å². The van der Waals surface area contributed by atoms with Crippen molar-refractivity contribution >= 4 is 11.7 Å². The summed E-state index contributed by atoms with van der Waals surface area (Å²) in [7, 11) is 0. The molecule has 0 aliphatic rings. The Balaban J connectivity index is 1.56. The summed E-state index contributed by atoms with van der Waals surface area (Å²) in [5.74, 6) is 0.600. The molecule has 6 nitrogen and oxygen atoms in total. The molecule has 0 bridgehead atoms. The first kappa shape index (κ1) is 16.7. The Labute approximate surface area is 146 Å². The summed E-state index contributed by atoms with van der Waals surface area (Å²) in [6.07, 6.45) is 7.14. The minimum Gasteiger partial charge on any atom is -0.370 e. The molecule has 1 amide bonds. The molecule has 3 rings (SSSR count). The fourth-order valence-corrected chi connectivity index (χ4v) is 2.49. The second kappa shape index (κ2) is 8.10. The van der Waals surface area contributed by atoms with Crippen LogP contribution in [0.25, 0.3) is 0 Å². The molecule has 0 aliphatic heterocycles. The van der Waals surface area contributed by atoms with Gasteiger partial charge in [-0.15, -0.1) is 0 Å². The lowest BCUT2D eigenvalue weighted by Gasteiger charge is -2.08. The van der Waals surface area contributed by atoms with E-state index in [0.29, 0.717) is 17.9 Å². The van der Waals surface area contributed by atoms with E-state index in [1.54, 1.807) is 30.9 Å². The molecule has 2 N–H and O–H groups in total. The number of rotatable bonds is 7. The van der Waals surface area contributed by atoms with Gasteiger partial charge in [-0.25, -0.2) is 9.97 Å². The number of benzene rings is 1. The van der Waals surface area contributed by atoms with Gasteiger partial charge in [0.25, 0.3) is 5.91 Å². The van der Waals surface area contributed by atoms with Crippen LogP contribution in [0.1, 0.15) is 28.4 Å². The molecule has 0 unspecified atom stereocenters. The maximum absolute atomic E-state index is 12.3. The molecule has 3 aromatic rings. The number of imidazole rings is 1. The van der Waals surface area contributed by atoms with Gasteiger partial charge in [-0.2, -0.15) is 0 Å². The highest BCUT2D eigenvalue weighted by Crippen LogP contribution is 2.09. The first-order chi connectivity index (χ1) is 12.2. The van der Waals surface area contributed by atoms with Gasteiger partial charge in [0.2, 0.25) is 0 Å². The van der Waals surface area contributed by atoms with Crippen LogP contribution in [0.3, 0.4) is 0 Å². The van der Waals surface area contributed by atoms with Crippen LogP contribution in [0.5, 0.6) is 0 Å². The van der Waals surface area contributed by atoms with Crippen LogP contribution >= 0.6 is 0 Å². The van der Waals surface area contributed by atoms with Crippen LogP contribution in [0.15, 0.2) is 61.3 Å². The standard InChI is InChI=1S/C19H21N5O/c1-2-21-18-11-17(7-8-22-18)19(25)23-12-15-3-5-16(6-4-15)13-24-10-9-20-14-24/h3-11,14H,2,12-13H2,1H3,(H,21,22)(H,23,25). The van der Waals surface area contributed by atoms with Gasteiger partial charge in [0.15, 0.2) is 0 Å². The third-order valence-electron chi connectivity index (χ3n) is 3.78. The number of nitrogens with one attached hydrogen (secondary N) is 2. The highest BCUT2D eigenvalue weighted by atomic mass is 16.1. The number of hydrogen-bond donors (Lipinski definition) is 2. The third-order valence-corrected chi connectivity index (χ3v) is 3.78. The second-order valence-corrected chi connectivity index (χ2v) is 5.69. The number of anilines is 1. The maximum atomic E-state index is 12.3. The Bertz CT molecular complexity index is 812. The summed E-state index contributed by atoms with van der Waals surface area (Å²) in [4.78, 5) is 20.5. The predicted octanol–water partition coefficient (Wildman–Crippen LogP) is 2.69. The van der Waals surface area contributed by atoms with E-state index in [1.807, 2.05) is 29.8 Å². The molecule has 0 aliphatic carbocycles. The predicted molar refractivity (Wildman–Crippen MR) is 97.3 cm³/mol. The molecule has 2 aromatic heterocycles. The van der Waals surface area contributed by atoms with Crippen molar-refractivity contribution in [1.29, 1.82) is 0 Å². The fraction of sp³-hybridized carbons (Fsp3) is 0.211. The van der Waals surface area contributed by atoms with Crippen LogP contribution in [0, 0.1) is 0 Å². The Hall–Kier alpha value is -3.15. The van der Waals surface area contributed by atoms with E-state index >= 15 is 0 Å². The van der Waals surface area contributed by atoms with Gasteiger partial charge in [0.1, 0.15) is 5.82 Å². The van der Waals surface area contributed by atoms with Gasteiger partial charge < -0.3 is 15.2 Å². The summed E-state index contributed by atoms with van der Waals surface area (Å²) < 4.78 is 2.02. The topological polar surface area (TPSA) is 71.8 Å². The Morgan fingerprint density at radius 3 is 2.64 bits per heavy atom. The second-order valence-electron chi connectivity index (χ2n) is 5.69. The summed E-state index contributed by atoms with van der Waals surface area (Å²) in [6, 6.07) is 11.7. The molecule has 0 saturated carbocycles. The summed E-state index contributed by atoms with van der Waals surface area (Å²) in [5, 5.41) is 6.04. The van der Waals surface area contributed by atoms with Gasteiger partial charge in [-0.3, -0.25) is 4.79 Å². The number of carbonyl (C=O) groups excluding carboxylic acids is 1. The Morgan fingerprint density at radius 1 is 1.12 bits per heavy atom. The summed E-state index contributed by atoms with van der Waals surface area (Å²) >= 11 is 0. The van der Waals surface area contributed by atoms with E-state index in [1.165, 1.54) is 5.56 Å². The Kier molecular flexibility index (Phi) is 5.41. The molecule has 25 heavy (non-hydrogen) atoms. The Morgan fingerprint density at radius 2 is 1.92 bits per heavy atom. The van der Waals surface area contributed by atoms with Gasteiger partial charge in [-0.1, -0.05) is 24.3 Å². The molecular weight excluding hydrogens is 314 g/mol. The number of pyridine rings is 1. The van der Waals surface area contributed by atoms with Crippen molar-refractivity contribution in [3.8, 4) is 0 Å². The van der Waals surface area contributed by atoms with Gasteiger partial charge in [-0.05, 0) is 30.2 Å². The highest BCUT2D eigenvalue weighted by Gasteiger charge is 2.06. The molecule has 1 aromatic carbocycles. The fourth-order valence-electron chi connectivity index (χ4n) is 2.49. The molecule has 0 saturated heterocycles. The van der Waals surface area contributed by atoms with Gasteiger partial charge >= 0.3 is 0 Å². The average Bonchev–Trinajstić information content (AvgIpc) is 3.14. The number of amides is 1. The number of nitrogens with zero attached hydrogens (tertiary/aromatic N) is 3. The lowest BCUT2D eigenvalue weighted by Crippen LogP contribution is -2.23. The van der Waals surface area contributed by atoms with Crippen molar-refractivity contribution in [1.82, 2.24) is 19.9 Å². The van der Waals surface area contributed by atoms with Crippen molar-refractivity contribution < 1.29 is 4.79 Å². The zero-order valence-electron chi connectivity index (χ0n) is 14.1. The SMILES string of the molecule is CCNc1cc(C(=O)NCc2ccc(Cn3ccnc3)cc2)ccn1.